The van der Waals surface area contributed by atoms with E-state index in [1.54, 1.807) is 19.1 Å². The van der Waals surface area contributed by atoms with Gasteiger partial charge in [0.15, 0.2) is 0 Å². The van der Waals surface area contributed by atoms with Crippen LogP contribution in [0.4, 0.5) is 4.39 Å². The van der Waals surface area contributed by atoms with Crippen molar-refractivity contribution in [2.24, 2.45) is 0 Å². The molecule has 1 aromatic carbocycles. The van der Waals surface area contributed by atoms with Crippen molar-refractivity contribution in [1.29, 1.82) is 5.26 Å². The largest absolute Gasteiger partial charge is 0.396 e. The quantitative estimate of drug-likeness (QED) is 0.752. The molecule has 0 amide bonds. The lowest BCUT2D eigenvalue weighted by molar-refractivity contribution is 0.273. The number of nitrogens with zero attached hydrogens (tertiary/aromatic N) is 1. The van der Waals surface area contributed by atoms with Crippen LogP contribution in [0.15, 0.2) is 18.2 Å². The molecule has 0 radical (unpaired) electrons. The van der Waals surface area contributed by atoms with Crippen molar-refractivity contribution >= 4 is 0 Å². The molecule has 1 rings (SSSR count). The van der Waals surface area contributed by atoms with E-state index < -0.39 is 5.82 Å². The number of hydrogen-bond donors (Lipinski definition) is 1. The van der Waals surface area contributed by atoms with Crippen molar-refractivity contribution in [1.82, 2.24) is 0 Å². The molecular formula is C10H10FNO. The SMILES string of the molecule is CC(CO)c1ccc(C#N)c(F)c1. The van der Waals surface area contributed by atoms with Gasteiger partial charge in [-0.3, -0.25) is 0 Å². The zero-order chi connectivity index (χ0) is 9.84. The molecule has 1 atom stereocenters. The Bertz CT molecular complexity index is 343. The Balaban J connectivity index is 3.04. The lowest BCUT2D eigenvalue weighted by atomic mass is 10.0. The summed E-state index contributed by atoms with van der Waals surface area (Å²) in [7, 11) is 0. The first-order valence-corrected chi connectivity index (χ1v) is 3.99. The highest BCUT2D eigenvalue weighted by Gasteiger charge is 2.07. The van der Waals surface area contributed by atoms with Gasteiger partial charge in [-0.25, -0.2) is 4.39 Å². The van der Waals surface area contributed by atoms with Crippen molar-refractivity contribution in [2.75, 3.05) is 6.61 Å². The van der Waals surface area contributed by atoms with E-state index in [9.17, 15) is 4.39 Å². The molecule has 0 heterocycles. The van der Waals surface area contributed by atoms with E-state index in [0.717, 1.165) is 0 Å². The predicted octanol–water partition coefficient (Wildman–Crippen LogP) is 1.79. The van der Waals surface area contributed by atoms with Crippen LogP contribution in [0.1, 0.15) is 24.0 Å². The molecule has 0 fully saturated rings. The molecule has 0 saturated carbocycles. The summed E-state index contributed by atoms with van der Waals surface area (Å²) in [6, 6.07) is 6.12. The summed E-state index contributed by atoms with van der Waals surface area (Å²) in [6.07, 6.45) is 0. The van der Waals surface area contributed by atoms with Gasteiger partial charge in [-0.15, -0.1) is 0 Å². The van der Waals surface area contributed by atoms with E-state index in [1.165, 1.54) is 12.1 Å². The van der Waals surface area contributed by atoms with Gasteiger partial charge in [0.1, 0.15) is 11.9 Å². The Morgan fingerprint density at radius 2 is 2.31 bits per heavy atom. The second-order valence-corrected chi connectivity index (χ2v) is 2.93. The highest BCUT2D eigenvalue weighted by Crippen LogP contribution is 2.17. The first-order chi connectivity index (χ1) is 6.19. The van der Waals surface area contributed by atoms with Crippen LogP contribution in [0.25, 0.3) is 0 Å². The van der Waals surface area contributed by atoms with Gasteiger partial charge < -0.3 is 5.11 Å². The normalized spacial score (nSPS) is 12.2. The van der Waals surface area contributed by atoms with Crippen molar-refractivity contribution in [3.05, 3.63) is 35.1 Å². The minimum atomic E-state index is -0.527. The van der Waals surface area contributed by atoms with Gasteiger partial charge in [0.2, 0.25) is 0 Å². The molecule has 1 N–H and O–H groups in total. The molecule has 0 saturated heterocycles. The number of halogens is 1. The zero-order valence-electron chi connectivity index (χ0n) is 7.29. The van der Waals surface area contributed by atoms with Gasteiger partial charge >= 0.3 is 0 Å². The minimum absolute atomic E-state index is 0.0225. The summed E-state index contributed by atoms with van der Waals surface area (Å²) < 4.78 is 13.0. The monoisotopic (exact) mass is 179 g/mol. The van der Waals surface area contributed by atoms with Crippen LogP contribution in [0.2, 0.25) is 0 Å². The van der Waals surface area contributed by atoms with Gasteiger partial charge in [0, 0.05) is 12.5 Å². The minimum Gasteiger partial charge on any atom is -0.396 e. The van der Waals surface area contributed by atoms with Gasteiger partial charge in [-0.05, 0) is 17.7 Å². The van der Waals surface area contributed by atoms with Gasteiger partial charge in [-0.2, -0.15) is 5.26 Å². The van der Waals surface area contributed by atoms with E-state index in [4.69, 9.17) is 10.4 Å². The van der Waals surface area contributed by atoms with Crippen LogP contribution in [0.5, 0.6) is 0 Å². The third-order valence-electron chi connectivity index (χ3n) is 1.96. The van der Waals surface area contributed by atoms with Crippen molar-refractivity contribution in [3.8, 4) is 6.07 Å². The topological polar surface area (TPSA) is 44.0 Å². The van der Waals surface area contributed by atoms with E-state index >= 15 is 0 Å². The fourth-order valence-electron chi connectivity index (χ4n) is 1.03. The van der Waals surface area contributed by atoms with Crippen LogP contribution in [-0.4, -0.2) is 11.7 Å². The summed E-state index contributed by atoms with van der Waals surface area (Å²) in [4.78, 5) is 0. The maximum atomic E-state index is 13.0. The molecular weight excluding hydrogens is 169 g/mol. The van der Waals surface area contributed by atoms with Crippen LogP contribution < -0.4 is 0 Å². The third kappa shape index (κ3) is 2.04. The molecule has 1 aromatic rings. The van der Waals surface area contributed by atoms with E-state index in [2.05, 4.69) is 0 Å². The van der Waals surface area contributed by atoms with Gasteiger partial charge in [0.05, 0.1) is 5.56 Å². The van der Waals surface area contributed by atoms with Crippen LogP contribution in [0, 0.1) is 17.1 Å². The molecule has 0 aliphatic rings. The standard InChI is InChI=1S/C10H10FNO/c1-7(6-13)8-2-3-9(5-12)10(11)4-8/h2-4,7,13H,6H2,1H3. The van der Waals surface area contributed by atoms with Crippen LogP contribution in [-0.2, 0) is 0 Å². The molecule has 13 heavy (non-hydrogen) atoms. The first kappa shape index (κ1) is 9.69. The second kappa shape index (κ2) is 4.01. The first-order valence-electron chi connectivity index (χ1n) is 3.99. The van der Waals surface area contributed by atoms with E-state index in [0.29, 0.717) is 5.56 Å². The maximum absolute atomic E-state index is 13.0. The molecule has 0 spiro atoms. The molecule has 3 heteroatoms. The molecule has 0 aromatic heterocycles. The fourth-order valence-corrected chi connectivity index (χ4v) is 1.03. The molecule has 68 valence electrons. The average Bonchev–Trinajstić information content (AvgIpc) is 2.16. The number of benzene rings is 1. The molecule has 0 bridgehead atoms. The predicted molar refractivity (Wildman–Crippen MR) is 46.6 cm³/mol. The highest BCUT2D eigenvalue weighted by atomic mass is 19.1. The Morgan fingerprint density at radius 1 is 1.62 bits per heavy atom. The number of nitriles is 1. The zero-order valence-corrected chi connectivity index (χ0v) is 7.29. The fraction of sp³-hybridized carbons (Fsp3) is 0.300. The van der Waals surface area contributed by atoms with E-state index in [-0.39, 0.29) is 18.1 Å². The smallest absolute Gasteiger partial charge is 0.141 e. The summed E-state index contributed by atoms with van der Waals surface area (Å²) in [6.45, 7) is 1.77. The Labute approximate surface area is 76.2 Å². The number of rotatable bonds is 2. The summed E-state index contributed by atoms with van der Waals surface area (Å²) in [5.74, 6) is -0.623. The second-order valence-electron chi connectivity index (χ2n) is 2.93. The maximum Gasteiger partial charge on any atom is 0.141 e. The van der Waals surface area contributed by atoms with Gasteiger partial charge in [0.25, 0.3) is 0 Å². The summed E-state index contributed by atoms with van der Waals surface area (Å²) in [5, 5.41) is 17.3. The lowest BCUT2D eigenvalue weighted by Gasteiger charge is -2.07. The molecule has 1 unspecified atom stereocenters. The summed E-state index contributed by atoms with van der Waals surface area (Å²) in [5.41, 5.74) is 0.743. The lowest BCUT2D eigenvalue weighted by Crippen LogP contribution is -1.99. The Kier molecular flexibility index (Phi) is 2.99. The van der Waals surface area contributed by atoms with Crippen LogP contribution >= 0.6 is 0 Å². The number of aliphatic hydroxyl groups excluding tert-OH is 1. The Morgan fingerprint density at radius 3 is 2.77 bits per heavy atom. The van der Waals surface area contributed by atoms with Gasteiger partial charge in [-0.1, -0.05) is 13.0 Å². The van der Waals surface area contributed by atoms with E-state index in [1.807, 2.05) is 0 Å². The summed E-state index contributed by atoms with van der Waals surface area (Å²) >= 11 is 0. The third-order valence-corrected chi connectivity index (χ3v) is 1.96. The molecule has 0 aliphatic carbocycles. The van der Waals surface area contributed by atoms with Crippen molar-refractivity contribution < 1.29 is 9.50 Å². The van der Waals surface area contributed by atoms with Crippen molar-refractivity contribution in [3.63, 3.8) is 0 Å². The average molecular weight is 179 g/mol. The number of hydrogen-bond acceptors (Lipinski definition) is 2. The molecule has 2 nitrogen and oxygen atoms in total. The Hall–Kier alpha value is -1.40. The molecule has 0 aliphatic heterocycles. The highest BCUT2D eigenvalue weighted by molar-refractivity contribution is 5.34. The van der Waals surface area contributed by atoms with Crippen LogP contribution in [0.3, 0.4) is 0 Å². The number of aliphatic hydroxyl groups is 1. The van der Waals surface area contributed by atoms with Crippen molar-refractivity contribution in [2.45, 2.75) is 12.8 Å².